The number of halogens is 2. The molecule has 0 saturated carbocycles. The van der Waals surface area contributed by atoms with E-state index >= 15 is 0 Å². The number of rotatable bonds is 5. The first-order valence-electron chi connectivity index (χ1n) is 4.72. The molecule has 0 aliphatic rings. The Morgan fingerprint density at radius 1 is 1.41 bits per heavy atom. The van der Waals surface area contributed by atoms with Gasteiger partial charge >= 0.3 is 0 Å². The fraction of sp³-hybridized carbons (Fsp3) is 0.400. The van der Waals surface area contributed by atoms with E-state index < -0.39 is 28.2 Å². The Labute approximate surface area is 98.0 Å². The SMILES string of the molecule is COc1cccc(CC(C(F)F)S(=O)(=O)O)c1. The standard InChI is InChI=1S/C10H12F2O4S/c1-16-8-4-2-3-7(5-8)6-9(10(11)12)17(13,14)15/h2-5,9-10H,6H2,1H3,(H,13,14,15). The molecular formula is C10H12F2O4S. The summed E-state index contributed by atoms with van der Waals surface area (Å²) in [6.45, 7) is 0. The quantitative estimate of drug-likeness (QED) is 0.825. The lowest BCUT2D eigenvalue weighted by Crippen LogP contribution is -2.30. The van der Waals surface area contributed by atoms with Crippen LogP contribution in [0.3, 0.4) is 0 Å². The molecule has 1 aromatic rings. The Balaban J connectivity index is 2.94. The molecule has 0 fully saturated rings. The molecule has 0 aliphatic carbocycles. The van der Waals surface area contributed by atoms with E-state index in [1.807, 2.05) is 0 Å². The summed E-state index contributed by atoms with van der Waals surface area (Å²) in [5.74, 6) is 0.436. The van der Waals surface area contributed by atoms with Crippen molar-refractivity contribution in [2.45, 2.75) is 18.1 Å². The summed E-state index contributed by atoms with van der Waals surface area (Å²) in [6, 6.07) is 6.10. The van der Waals surface area contributed by atoms with Gasteiger partial charge in [-0.3, -0.25) is 4.55 Å². The van der Waals surface area contributed by atoms with E-state index in [4.69, 9.17) is 9.29 Å². The minimum Gasteiger partial charge on any atom is -0.497 e. The highest BCUT2D eigenvalue weighted by molar-refractivity contribution is 7.86. The van der Waals surface area contributed by atoms with E-state index in [0.717, 1.165) is 0 Å². The average Bonchev–Trinajstić information content (AvgIpc) is 2.24. The molecule has 0 spiro atoms. The summed E-state index contributed by atoms with van der Waals surface area (Å²) < 4.78 is 60.1. The maximum Gasteiger partial charge on any atom is 0.273 e. The van der Waals surface area contributed by atoms with Gasteiger partial charge in [-0.15, -0.1) is 0 Å². The molecule has 4 nitrogen and oxygen atoms in total. The smallest absolute Gasteiger partial charge is 0.273 e. The Bertz CT molecular complexity index is 473. The van der Waals surface area contributed by atoms with E-state index in [2.05, 4.69) is 0 Å². The first kappa shape index (κ1) is 13.9. The number of ether oxygens (including phenoxy) is 1. The van der Waals surface area contributed by atoms with Crippen molar-refractivity contribution < 1.29 is 26.5 Å². The van der Waals surface area contributed by atoms with Gasteiger partial charge in [-0.05, 0) is 24.1 Å². The molecule has 1 N–H and O–H groups in total. The lowest BCUT2D eigenvalue weighted by Gasteiger charge is -2.13. The van der Waals surface area contributed by atoms with Crippen LogP contribution in [-0.4, -0.2) is 31.8 Å². The third-order valence-electron chi connectivity index (χ3n) is 2.23. The van der Waals surface area contributed by atoms with E-state index in [1.54, 1.807) is 12.1 Å². The molecule has 0 heterocycles. The van der Waals surface area contributed by atoms with Gasteiger partial charge in [-0.1, -0.05) is 12.1 Å². The second-order valence-corrected chi connectivity index (χ2v) is 5.08. The molecule has 17 heavy (non-hydrogen) atoms. The van der Waals surface area contributed by atoms with E-state index in [-0.39, 0.29) is 0 Å². The van der Waals surface area contributed by atoms with Gasteiger partial charge in [0.05, 0.1) is 7.11 Å². The maximum atomic E-state index is 12.5. The minimum absolute atomic E-state index is 0.354. The Morgan fingerprint density at radius 2 is 2.06 bits per heavy atom. The Morgan fingerprint density at radius 3 is 2.53 bits per heavy atom. The van der Waals surface area contributed by atoms with Crippen molar-refractivity contribution in [3.63, 3.8) is 0 Å². The largest absolute Gasteiger partial charge is 0.497 e. The molecule has 1 atom stereocenters. The van der Waals surface area contributed by atoms with Gasteiger partial charge in [0.1, 0.15) is 5.75 Å². The van der Waals surface area contributed by atoms with Crippen LogP contribution in [-0.2, 0) is 16.5 Å². The first-order chi connectivity index (χ1) is 7.84. The highest BCUT2D eigenvalue weighted by Crippen LogP contribution is 2.19. The Kier molecular flexibility index (Phi) is 4.41. The average molecular weight is 266 g/mol. The highest BCUT2D eigenvalue weighted by atomic mass is 32.2. The third-order valence-corrected chi connectivity index (χ3v) is 3.37. The van der Waals surface area contributed by atoms with Crippen LogP contribution < -0.4 is 4.74 Å². The summed E-state index contributed by atoms with van der Waals surface area (Å²) in [7, 11) is -3.36. The third kappa shape index (κ3) is 3.94. The van der Waals surface area contributed by atoms with Gasteiger partial charge in [-0.25, -0.2) is 8.78 Å². The number of hydrogen-bond acceptors (Lipinski definition) is 3. The molecule has 0 amide bonds. The van der Waals surface area contributed by atoms with Gasteiger partial charge in [-0.2, -0.15) is 8.42 Å². The zero-order valence-corrected chi connectivity index (χ0v) is 9.82. The van der Waals surface area contributed by atoms with Gasteiger partial charge < -0.3 is 4.74 Å². The summed E-state index contributed by atoms with van der Waals surface area (Å²) >= 11 is 0. The first-order valence-corrected chi connectivity index (χ1v) is 6.22. The molecular weight excluding hydrogens is 254 g/mol. The zero-order chi connectivity index (χ0) is 13.1. The number of benzene rings is 1. The van der Waals surface area contributed by atoms with Crippen LogP contribution in [0.4, 0.5) is 8.78 Å². The minimum atomic E-state index is -4.77. The van der Waals surface area contributed by atoms with Crippen molar-refractivity contribution in [2.75, 3.05) is 7.11 Å². The van der Waals surface area contributed by atoms with Crippen LogP contribution in [0.25, 0.3) is 0 Å². The van der Waals surface area contributed by atoms with Gasteiger partial charge in [0.15, 0.2) is 5.25 Å². The van der Waals surface area contributed by atoms with Crippen molar-refractivity contribution in [1.29, 1.82) is 0 Å². The van der Waals surface area contributed by atoms with Crippen molar-refractivity contribution in [1.82, 2.24) is 0 Å². The molecule has 0 aromatic heterocycles. The number of alkyl halides is 2. The van der Waals surface area contributed by atoms with Gasteiger partial charge in [0, 0.05) is 0 Å². The number of methoxy groups -OCH3 is 1. The molecule has 0 aliphatic heterocycles. The van der Waals surface area contributed by atoms with Crippen LogP contribution in [0.15, 0.2) is 24.3 Å². The number of hydrogen-bond donors (Lipinski definition) is 1. The van der Waals surface area contributed by atoms with Crippen molar-refractivity contribution in [3.8, 4) is 5.75 Å². The van der Waals surface area contributed by atoms with E-state index in [9.17, 15) is 17.2 Å². The predicted octanol–water partition coefficient (Wildman–Crippen LogP) is 1.76. The molecule has 1 aromatic carbocycles. The van der Waals surface area contributed by atoms with Crippen LogP contribution in [0.2, 0.25) is 0 Å². The highest BCUT2D eigenvalue weighted by Gasteiger charge is 2.32. The molecule has 1 unspecified atom stereocenters. The summed E-state index contributed by atoms with van der Waals surface area (Å²) in [6.07, 6.45) is -3.61. The van der Waals surface area contributed by atoms with Crippen LogP contribution in [0.1, 0.15) is 5.56 Å². The van der Waals surface area contributed by atoms with E-state index in [1.165, 1.54) is 19.2 Å². The van der Waals surface area contributed by atoms with Crippen LogP contribution in [0, 0.1) is 0 Å². The maximum absolute atomic E-state index is 12.5. The molecule has 7 heteroatoms. The normalized spacial score (nSPS) is 13.7. The molecule has 96 valence electrons. The summed E-state index contributed by atoms with van der Waals surface area (Å²) in [5.41, 5.74) is 0.354. The van der Waals surface area contributed by atoms with Crippen molar-refractivity contribution in [2.24, 2.45) is 0 Å². The zero-order valence-electron chi connectivity index (χ0n) is 9.01. The molecule has 0 bridgehead atoms. The second kappa shape index (κ2) is 5.42. The predicted molar refractivity (Wildman–Crippen MR) is 58.0 cm³/mol. The van der Waals surface area contributed by atoms with Crippen LogP contribution >= 0.6 is 0 Å². The van der Waals surface area contributed by atoms with Crippen molar-refractivity contribution in [3.05, 3.63) is 29.8 Å². The van der Waals surface area contributed by atoms with Crippen molar-refractivity contribution >= 4 is 10.1 Å². The lowest BCUT2D eigenvalue weighted by molar-refractivity contribution is 0.137. The second-order valence-electron chi connectivity index (χ2n) is 3.44. The van der Waals surface area contributed by atoms with Gasteiger partial charge in [0.2, 0.25) is 0 Å². The molecule has 1 rings (SSSR count). The monoisotopic (exact) mass is 266 g/mol. The summed E-state index contributed by atoms with van der Waals surface area (Å²) in [5, 5.41) is -2.12. The molecule has 0 saturated heterocycles. The van der Waals surface area contributed by atoms with Gasteiger partial charge in [0.25, 0.3) is 16.5 Å². The molecule has 0 radical (unpaired) electrons. The van der Waals surface area contributed by atoms with E-state index in [0.29, 0.717) is 11.3 Å². The Hall–Kier alpha value is -1.21. The topological polar surface area (TPSA) is 63.6 Å². The lowest BCUT2D eigenvalue weighted by atomic mass is 10.1. The summed E-state index contributed by atoms with van der Waals surface area (Å²) in [4.78, 5) is 0. The van der Waals surface area contributed by atoms with Crippen LogP contribution in [0.5, 0.6) is 5.75 Å². The fourth-order valence-corrected chi connectivity index (χ4v) is 2.02. The fourth-order valence-electron chi connectivity index (χ4n) is 1.36.